The van der Waals surface area contributed by atoms with E-state index in [4.69, 9.17) is 0 Å². The van der Waals surface area contributed by atoms with Gasteiger partial charge in [-0.05, 0) is 25.6 Å². The van der Waals surface area contributed by atoms with E-state index in [0.717, 1.165) is 25.8 Å². The minimum atomic E-state index is -3.38. The van der Waals surface area contributed by atoms with Crippen molar-refractivity contribution < 1.29 is 8.42 Å². The first-order chi connectivity index (χ1) is 8.11. The van der Waals surface area contributed by atoms with Crippen molar-refractivity contribution >= 4 is 15.7 Å². The summed E-state index contributed by atoms with van der Waals surface area (Å²) in [6.07, 6.45) is 3.34. The molecule has 1 aromatic rings. The summed E-state index contributed by atoms with van der Waals surface area (Å²) in [5.41, 5.74) is 0.665. The van der Waals surface area contributed by atoms with Gasteiger partial charge in [-0.3, -0.25) is 0 Å². The lowest BCUT2D eigenvalue weighted by atomic mass is 10.2. The Hall–Kier alpha value is -1.07. The minimum Gasteiger partial charge on any atom is -0.384 e. The molecule has 0 aliphatic carbocycles. The van der Waals surface area contributed by atoms with Crippen molar-refractivity contribution in [2.24, 2.45) is 0 Å². The minimum absolute atomic E-state index is 0.305. The third-order valence-electron chi connectivity index (χ3n) is 2.54. The number of sulfonamides is 1. The lowest BCUT2D eigenvalue weighted by molar-refractivity contribution is 0.588. The molecule has 1 aromatic carbocycles. The van der Waals surface area contributed by atoms with Gasteiger partial charge in [-0.25, -0.2) is 13.1 Å². The first-order valence-electron chi connectivity index (χ1n) is 5.88. The number of hydrogen-bond acceptors (Lipinski definition) is 3. The maximum Gasteiger partial charge on any atom is 0.242 e. The van der Waals surface area contributed by atoms with Crippen LogP contribution in [-0.4, -0.2) is 22.0 Å². The van der Waals surface area contributed by atoms with Crippen LogP contribution >= 0.6 is 0 Å². The standard InChI is InChI=1S/C12H20N2O2S/c1-3-4-7-10-14-11-8-5-6-9-12(11)17(15,16)13-2/h5-6,8-9,13-14H,3-4,7,10H2,1-2H3. The van der Waals surface area contributed by atoms with Gasteiger partial charge in [0, 0.05) is 6.54 Å². The summed E-state index contributed by atoms with van der Waals surface area (Å²) in [6, 6.07) is 6.95. The van der Waals surface area contributed by atoms with Crippen molar-refractivity contribution in [2.45, 2.75) is 31.1 Å². The van der Waals surface area contributed by atoms with Crippen LogP contribution in [0.25, 0.3) is 0 Å². The van der Waals surface area contributed by atoms with Gasteiger partial charge < -0.3 is 5.32 Å². The summed E-state index contributed by atoms with van der Waals surface area (Å²) >= 11 is 0. The predicted molar refractivity (Wildman–Crippen MR) is 70.7 cm³/mol. The van der Waals surface area contributed by atoms with Crippen LogP contribution in [0.1, 0.15) is 26.2 Å². The average Bonchev–Trinajstić information content (AvgIpc) is 2.35. The number of hydrogen-bond donors (Lipinski definition) is 2. The molecule has 0 bridgehead atoms. The van der Waals surface area contributed by atoms with Crippen molar-refractivity contribution in [3.8, 4) is 0 Å². The van der Waals surface area contributed by atoms with Crippen LogP contribution in [0.5, 0.6) is 0 Å². The van der Waals surface area contributed by atoms with E-state index in [-0.39, 0.29) is 0 Å². The summed E-state index contributed by atoms with van der Waals surface area (Å²) in [6.45, 7) is 2.93. The summed E-state index contributed by atoms with van der Waals surface area (Å²) in [4.78, 5) is 0.305. The Kier molecular flexibility index (Phi) is 5.44. The maximum absolute atomic E-state index is 11.8. The zero-order valence-corrected chi connectivity index (χ0v) is 11.2. The van der Waals surface area contributed by atoms with E-state index in [1.54, 1.807) is 18.2 Å². The van der Waals surface area contributed by atoms with E-state index in [1.165, 1.54) is 7.05 Å². The first kappa shape index (κ1) is 14.0. The Morgan fingerprint density at radius 2 is 1.88 bits per heavy atom. The Morgan fingerprint density at radius 1 is 1.18 bits per heavy atom. The molecule has 0 heterocycles. The maximum atomic E-state index is 11.8. The third kappa shape index (κ3) is 4.02. The molecule has 0 unspecified atom stereocenters. The van der Waals surface area contributed by atoms with Crippen LogP contribution in [0.3, 0.4) is 0 Å². The van der Waals surface area contributed by atoms with Gasteiger partial charge in [-0.15, -0.1) is 0 Å². The van der Waals surface area contributed by atoms with E-state index in [1.807, 2.05) is 6.07 Å². The van der Waals surface area contributed by atoms with E-state index in [2.05, 4.69) is 17.0 Å². The molecule has 0 spiro atoms. The summed E-state index contributed by atoms with van der Waals surface area (Å²) in [7, 11) is -1.96. The van der Waals surface area contributed by atoms with Crippen LogP contribution in [0.4, 0.5) is 5.69 Å². The Labute approximate surface area is 103 Å². The predicted octanol–water partition coefficient (Wildman–Crippen LogP) is 2.20. The molecule has 0 atom stereocenters. The molecule has 4 nitrogen and oxygen atoms in total. The third-order valence-corrected chi connectivity index (χ3v) is 4.01. The van der Waals surface area contributed by atoms with E-state index >= 15 is 0 Å². The molecular weight excluding hydrogens is 236 g/mol. The molecule has 0 aliphatic rings. The molecule has 0 amide bonds. The van der Waals surface area contributed by atoms with Gasteiger partial charge in [0.2, 0.25) is 10.0 Å². The number of nitrogens with one attached hydrogen (secondary N) is 2. The monoisotopic (exact) mass is 256 g/mol. The molecule has 5 heteroatoms. The fourth-order valence-corrected chi connectivity index (χ4v) is 2.46. The number of para-hydroxylation sites is 1. The highest BCUT2D eigenvalue weighted by Gasteiger charge is 2.15. The smallest absolute Gasteiger partial charge is 0.242 e. The van der Waals surface area contributed by atoms with Gasteiger partial charge in [-0.1, -0.05) is 31.9 Å². The van der Waals surface area contributed by atoms with Crippen LogP contribution in [0, 0.1) is 0 Å². The quantitative estimate of drug-likeness (QED) is 0.735. The van der Waals surface area contributed by atoms with Gasteiger partial charge in [-0.2, -0.15) is 0 Å². The molecule has 0 saturated heterocycles. The number of benzene rings is 1. The zero-order chi connectivity index (χ0) is 12.7. The average molecular weight is 256 g/mol. The topological polar surface area (TPSA) is 58.2 Å². The van der Waals surface area contributed by atoms with E-state index in [0.29, 0.717) is 10.6 Å². The van der Waals surface area contributed by atoms with Gasteiger partial charge in [0.15, 0.2) is 0 Å². The Balaban J connectivity index is 2.79. The second-order valence-corrected chi connectivity index (χ2v) is 5.69. The molecule has 0 saturated carbocycles. The molecule has 17 heavy (non-hydrogen) atoms. The number of unbranched alkanes of at least 4 members (excludes halogenated alkanes) is 2. The van der Waals surface area contributed by atoms with Crippen molar-refractivity contribution in [1.29, 1.82) is 0 Å². The van der Waals surface area contributed by atoms with E-state index in [9.17, 15) is 8.42 Å². The van der Waals surface area contributed by atoms with Gasteiger partial charge in [0.05, 0.1) is 5.69 Å². The first-order valence-corrected chi connectivity index (χ1v) is 7.36. The Bertz CT molecular complexity index is 444. The van der Waals surface area contributed by atoms with Crippen LogP contribution in [-0.2, 0) is 10.0 Å². The van der Waals surface area contributed by atoms with Gasteiger partial charge in [0.1, 0.15) is 4.90 Å². The van der Waals surface area contributed by atoms with Crippen LogP contribution in [0.2, 0.25) is 0 Å². The Morgan fingerprint density at radius 3 is 2.53 bits per heavy atom. The van der Waals surface area contributed by atoms with Gasteiger partial charge >= 0.3 is 0 Å². The van der Waals surface area contributed by atoms with Crippen molar-refractivity contribution in [3.63, 3.8) is 0 Å². The summed E-state index contributed by atoms with van der Waals surface area (Å²) in [5, 5.41) is 3.17. The molecule has 0 aliphatic heterocycles. The lowest BCUT2D eigenvalue weighted by Crippen LogP contribution is -2.20. The SMILES string of the molecule is CCCCCNc1ccccc1S(=O)(=O)NC. The number of anilines is 1. The fraction of sp³-hybridized carbons (Fsp3) is 0.500. The summed E-state index contributed by atoms with van der Waals surface area (Å²) < 4.78 is 25.9. The van der Waals surface area contributed by atoms with Crippen LogP contribution < -0.4 is 10.0 Å². The largest absolute Gasteiger partial charge is 0.384 e. The van der Waals surface area contributed by atoms with E-state index < -0.39 is 10.0 Å². The number of rotatable bonds is 7. The van der Waals surface area contributed by atoms with Crippen LogP contribution in [0.15, 0.2) is 29.2 Å². The normalized spacial score (nSPS) is 11.4. The van der Waals surface area contributed by atoms with Crippen molar-refractivity contribution in [1.82, 2.24) is 4.72 Å². The molecule has 1 rings (SSSR count). The summed E-state index contributed by atoms with van der Waals surface area (Å²) in [5.74, 6) is 0. The second kappa shape index (κ2) is 6.61. The fourth-order valence-electron chi connectivity index (χ4n) is 1.56. The second-order valence-electron chi connectivity index (χ2n) is 3.84. The molecular formula is C12H20N2O2S. The highest BCUT2D eigenvalue weighted by atomic mass is 32.2. The van der Waals surface area contributed by atoms with Crippen molar-refractivity contribution in [3.05, 3.63) is 24.3 Å². The highest BCUT2D eigenvalue weighted by molar-refractivity contribution is 7.89. The molecule has 0 aromatic heterocycles. The molecule has 0 fully saturated rings. The van der Waals surface area contributed by atoms with Crippen molar-refractivity contribution in [2.75, 3.05) is 18.9 Å². The lowest BCUT2D eigenvalue weighted by Gasteiger charge is -2.11. The highest BCUT2D eigenvalue weighted by Crippen LogP contribution is 2.20. The molecule has 96 valence electrons. The van der Waals surface area contributed by atoms with Gasteiger partial charge in [0.25, 0.3) is 0 Å². The molecule has 2 N–H and O–H groups in total. The zero-order valence-electron chi connectivity index (χ0n) is 10.4. The molecule has 0 radical (unpaired) electrons.